The van der Waals surface area contributed by atoms with E-state index in [1.807, 2.05) is 0 Å². The second-order valence-electron chi connectivity index (χ2n) is 6.61. The molecule has 172 valence electrons. The van der Waals surface area contributed by atoms with E-state index >= 15 is 0 Å². The molecular weight excluding hydrogens is 471 g/mol. The first-order valence-electron chi connectivity index (χ1n) is 8.75. The smallest absolute Gasteiger partial charge is 0.477 e. The zero-order valence-corrected chi connectivity index (χ0v) is 16.4. The zero-order chi connectivity index (χ0) is 23.8. The number of carbonyl (C=O) groups excluding carboxylic acids is 1. The van der Waals surface area contributed by atoms with Crippen molar-refractivity contribution < 1.29 is 50.2 Å². The van der Waals surface area contributed by atoms with E-state index in [-0.39, 0.29) is 6.42 Å². The molecule has 0 aliphatic heterocycles. The van der Waals surface area contributed by atoms with Gasteiger partial charge in [0, 0.05) is 11.5 Å². The van der Waals surface area contributed by atoms with Crippen molar-refractivity contribution in [1.82, 2.24) is 5.32 Å². The van der Waals surface area contributed by atoms with Crippen LogP contribution in [-0.2, 0) is 4.74 Å². The summed E-state index contributed by atoms with van der Waals surface area (Å²) in [6, 6.07) is -1.39. The number of alkyl halides is 4. The van der Waals surface area contributed by atoms with Gasteiger partial charge in [0.25, 0.3) is 5.91 Å². The van der Waals surface area contributed by atoms with Crippen molar-refractivity contribution in [3.05, 3.63) is 68.9 Å². The molecule has 2 aliphatic rings. The van der Waals surface area contributed by atoms with E-state index < -0.39 is 75.6 Å². The zero-order valence-electron chi connectivity index (χ0n) is 15.6. The van der Waals surface area contributed by atoms with Gasteiger partial charge in [-0.05, 0) is 30.0 Å². The Morgan fingerprint density at radius 2 is 1.88 bits per heavy atom. The monoisotopic (exact) mass is 483 g/mol. The first-order chi connectivity index (χ1) is 14.9. The molecule has 13 heteroatoms. The van der Waals surface area contributed by atoms with Crippen LogP contribution < -0.4 is 5.32 Å². The summed E-state index contributed by atoms with van der Waals surface area (Å²) >= 11 is 0.652. The predicted octanol–water partition coefficient (Wildman–Crippen LogP) is 5.27. The molecule has 3 atom stereocenters. The Morgan fingerprint density at radius 1 is 1.19 bits per heavy atom. The van der Waals surface area contributed by atoms with Gasteiger partial charge in [-0.1, -0.05) is 6.08 Å². The summed E-state index contributed by atoms with van der Waals surface area (Å²) in [5.74, 6) is -10.7. The van der Waals surface area contributed by atoms with E-state index in [4.69, 9.17) is 5.11 Å². The Labute approximate surface area is 179 Å². The average Bonchev–Trinajstić information content (AvgIpc) is 3.19. The average molecular weight is 483 g/mol. The fraction of sp³-hybridized carbons (Fsp3) is 0.263. The van der Waals surface area contributed by atoms with Crippen molar-refractivity contribution in [2.75, 3.05) is 0 Å². The van der Waals surface area contributed by atoms with E-state index in [0.29, 0.717) is 17.4 Å². The SMILES string of the molecule is O=C(NC1C(F)=C(F)C(C2C=C(OC(F)(F)F)C=CC2)=C(F)C1F)c1ccsc1C(=O)O. The van der Waals surface area contributed by atoms with Crippen LogP contribution in [0.4, 0.5) is 30.7 Å². The van der Waals surface area contributed by atoms with Crippen molar-refractivity contribution >= 4 is 23.2 Å². The highest BCUT2D eigenvalue weighted by Crippen LogP contribution is 2.42. The third-order valence-electron chi connectivity index (χ3n) is 4.54. The molecule has 0 saturated heterocycles. The maximum atomic E-state index is 14.7. The quantitative estimate of drug-likeness (QED) is 0.560. The minimum absolute atomic E-state index is 0.269. The lowest BCUT2D eigenvalue weighted by atomic mass is 9.85. The van der Waals surface area contributed by atoms with Crippen LogP contribution in [-0.4, -0.2) is 35.6 Å². The van der Waals surface area contributed by atoms with Crippen molar-refractivity contribution in [3.63, 3.8) is 0 Å². The topological polar surface area (TPSA) is 75.6 Å². The van der Waals surface area contributed by atoms with Gasteiger partial charge in [0.05, 0.1) is 5.56 Å². The van der Waals surface area contributed by atoms with E-state index in [1.54, 1.807) is 5.32 Å². The summed E-state index contributed by atoms with van der Waals surface area (Å²) in [4.78, 5) is 22.9. The highest BCUT2D eigenvalue weighted by molar-refractivity contribution is 7.12. The van der Waals surface area contributed by atoms with Gasteiger partial charge in [-0.15, -0.1) is 24.5 Å². The van der Waals surface area contributed by atoms with Gasteiger partial charge in [0.15, 0.2) is 17.8 Å². The number of carboxylic acids is 1. The maximum Gasteiger partial charge on any atom is 0.573 e. The maximum absolute atomic E-state index is 14.7. The molecule has 2 aliphatic carbocycles. The van der Waals surface area contributed by atoms with E-state index in [1.165, 1.54) is 5.38 Å². The Hall–Kier alpha value is -3.09. The number of halogens is 7. The minimum atomic E-state index is -5.09. The summed E-state index contributed by atoms with van der Waals surface area (Å²) in [5.41, 5.74) is -1.61. The number of aromatic carboxylic acids is 1. The first kappa shape index (κ1) is 23.6. The van der Waals surface area contributed by atoms with Gasteiger partial charge < -0.3 is 15.2 Å². The van der Waals surface area contributed by atoms with Gasteiger partial charge in [-0.25, -0.2) is 22.4 Å². The third kappa shape index (κ3) is 4.71. The molecule has 3 unspecified atom stereocenters. The van der Waals surface area contributed by atoms with Crippen molar-refractivity contribution in [2.24, 2.45) is 5.92 Å². The number of amides is 1. The molecule has 1 aromatic rings. The second kappa shape index (κ2) is 8.81. The van der Waals surface area contributed by atoms with Gasteiger partial charge in [-0.2, -0.15) is 0 Å². The first-order valence-corrected chi connectivity index (χ1v) is 9.63. The van der Waals surface area contributed by atoms with Crippen molar-refractivity contribution in [3.8, 4) is 0 Å². The van der Waals surface area contributed by atoms with Gasteiger partial charge in [0.2, 0.25) is 0 Å². The van der Waals surface area contributed by atoms with Gasteiger partial charge in [0.1, 0.15) is 22.5 Å². The molecule has 3 rings (SSSR count). The number of carboxylic acid groups (broad SMARTS) is 1. The Bertz CT molecular complexity index is 1070. The van der Waals surface area contributed by atoms with Crippen LogP contribution in [0, 0.1) is 5.92 Å². The molecule has 0 radical (unpaired) electrons. The number of rotatable bonds is 5. The number of ether oxygens (including phenoxy) is 1. The van der Waals surface area contributed by atoms with Crippen LogP contribution in [0.3, 0.4) is 0 Å². The molecule has 0 spiro atoms. The van der Waals surface area contributed by atoms with Crippen molar-refractivity contribution in [1.29, 1.82) is 0 Å². The Balaban J connectivity index is 1.88. The fourth-order valence-electron chi connectivity index (χ4n) is 3.20. The minimum Gasteiger partial charge on any atom is -0.477 e. The van der Waals surface area contributed by atoms with Gasteiger partial charge in [-0.3, -0.25) is 4.79 Å². The molecule has 0 fully saturated rings. The normalized spacial score (nSPS) is 23.8. The summed E-state index contributed by atoms with van der Waals surface area (Å²) < 4.78 is 99.4. The molecule has 1 aromatic heterocycles. The molecule has 0 bridgehead atoms. The van der Waals surface area contributed by atoms with Crippen LogP contribution in [0.2, 0.25) is 0 Å². The number of carbonyl (C=O) groups is 2. The number of hydrogen-bond acceptors (Lipinski definition) is 4. The molecule has 0 aromatic carbocycles. The highest BCUT2D eigenvalue weighted by Gasteiger charge is 2.43. The van der Waals surface area contributed by atoms with Crippen LogP contribution >= 0.6 is 11.3 Å². The lowest BCUT2D eigenvalue weighted by molar-refractivity contribution is -0.303. The predicted molar refractivity (Wildman–Crippen MR) is 97.3 cm³/mol. The summed E-state index contributed by atoms with van der Waals surface area (Å²) in [6.07, 6.45) is -5.62. The second-order valence-corrected chi connectivity index (χ2v) is 7.52. The number of allylic oxidation sites excluding steroid dienone is 5. The third-order valence-corrected chi connectivity index (χ3v) is 5.45. The van der Waals surface area contributed by atoms with E-state index in [0.717, 1.165) is 18.2 Å². The highest BCUT2D eigenvalue weighted by atomic mass is 32.1. The van der Waals surface area contributed by atoms with E-state index in [9.17, 15) is 40.3 Å². The van der Waals surface area contributed by atoms with Crippen LogP contribution in [0.25, 0.3) is 0 Å². The van der Waals surface area contributed by atoms with Crippen LogP contribution in [0.1, 0.15) is 26.5 Å². The number of hydrogen-bond donors (Lipinski definition) is 2. The lowest BCUT2D eigenvalue weighted by Crippen LogP contribution is -2.45. The Morgan fingerprint density at radius 3 is 2.50 bits per heavy atom. The summed E-state index contributed by atoms with van der Waals surface area (Å²) in [5, 5.41) is 12.0. The molecule has 1 heterocycles. The lowest BCUT2D eigenvalue weighted by Gasteiger charge is -2.29. The molecule has 0 saturated carbocycles. The van der Waals surface area contributed by atoms with E-state index in [2.05, 4.69) is 4.74 Å². The van der Waals surface area contributed by atoms with Gasteiger partial charge >= 0.3 is 12.3 Å². The molecule has 5 nitrogen and oxygen atoms in total. The fourth-order valence-corrected chi connectivity index (χ4v) is 3.93. The van der Waals surface area contributed by atoms with Crippen LogP contribution in [0.5, 0.6) is 0 Å². The number of nitrogens with one attached hydrogen (secondary N) is 1. The molecule has 1 amide bonds. The summed E-state index contributed by atoms with van der Waals surface area (Å²) in [7, 11) is 0. The molecule has 2 N–H and O–H groups in total. The molecular formula is C19H12F7NO4S. The van der Waals surface area contributed by atoms with Crippen molar-refractivity contribution in [2.45, 2.75) is 25.0 Å². The Kier molecular flexibility index (Phi) is 6.49. The summed E-state index contributed by atoms with van der Waals surface area (Å²) in [6.45, 7) is 0. The largest absolute Gasteiger partial charge is 0.573 e. The number of thiophene rings is 1. The standard InChI is InChI=1S/C19H12F7NO4S/c20-11-10(7-2-1-3-8(6-7)31-19(24,25)26)12(21)14(23)15(13(11)22)27-17(28)9-4-5-32-16(9)18(29)30/h1,3-7,13,15H,2H2,(H,27,28)(H,29,30). The van der Waals surface area contributed by atoms with Crippen LogP contribution in [0.15, 0.2) is 58.5 Å². The molecule has 32 heavy (non-hydrogen) atoms.